The molecule has 2 aliphatic rings. The number of hydroxylamine groups is 2. The monoisotopic (exact) mass is 315 g/mol. The Kier molecular flexibility index (Phi) is 5.77. The minimum absolute atomic E-state index is 0.183. The van der Waals surface area contributed by atoms with Crippen molar-refractivity contribution in [1.82, 2.24) is 5.06 Å². The van der Waals surface area contributed by atoms with E-state index in [9.17, 15) is 9.59 Å². The largest absolute Gasteiger partial charge is 0.459 e. The Morgan fingerprint density at radius 3 is 2.73 bits per heavy atom. The van der Waals surface area contributed by atoms with Crippen LogP contribution in [-0.2, 0) is 28.6 Å². The fraction of sp³-hybridized carbons (Fsp3) is 0.867. The predicted molar refractivity (Wildman–Crippen MR) is 76.6 cm³/mol. The molecule has 2 heterocycles. The third-order valence-electron chi connectivity index (χ3n) is 3.27. The molecular weight excluding hydrogens is 290 g/mol. The van der Waals surface area contributed by atoms with Crippen molar-refractivity contribution in [3.8, 4) is 0 Å². The molecule has 0 aromatic rings. The highest BCUT2D eigenvalue weighted by molar-refractivity contribution is 5.82. The summed E-state index contributed by atoms with van der Waals surface area (Å²) < 4.78 is 16.4. The lowest BCUT2D eigenvalue weighted by Crippen LogP contribution is -2.47. The van der Waals surface area contributed by atoms with E-state index in [2.05, 4.69) is 0 Å². The standard InChI is InChI=1S/C15H25NO6/c1-15(2,3)22-13(18)9-16-12(17)8-11(10-20-16)21-14-6-4-5-7-19-14/h11,14H,4-10H2,1-3H3. The van der Waals surface area contributed by atoms with Gasteiger partial charge < -0.3 is 14.2 Å². The van der Waals surface area contributed by atoms with Crippen LogP contribution in [0.1, 0.15) is 46.5 Å². The summed E-state index contributed by atoms with van der Waals surface area (Å²) in [5, 5.41) is 1.05. The Morgan fingerprint density at radius 2 is 2.14 bits per heavy atom. The maximum atomic E-state index is 12.0. The van der Waals surface area contributed by atoms with E-state index in [0.717, 1.165) is 24.3 Å². The molecule has 1 amide bonds. The van der Waals surface area contributed by atoms with Crippen molar-refractivity contribution in [2.75, 3.05) is 19.8 Å². The van der Waals surface area contributed by atoms with Gasteiger partial charge in [-0.05, 0) is 40.0 Å². The van der Waals surface area contributed by atoms with E-state index in [4.69, 9.17) is 19.0 Å². The lowest BCUT2D eigenvalue weighted by atomic mass is 10.2. The van der Waals surface area contributed by atoms with Gasteiger partial charge in [0.25, 0.3) is 0 Å². The van der Waals surface area contributed by atoms with E-state index in [1.54, 1.807) is 20.8 Å². The smallest absolute Gasteiger partial charge is 0.328 e. The van der Waals surface area contributed by atoms with E-state index in [0.29, 0.717) is 6.61 Å². The minimum Gasteiger partial charge on any atom is -0.459 e. The predicted octanol–water partition coefficient (Wildman–Crippen LogP) is 1.40. The van der Waals surface area contributed by atoms with Crippen molar-refractivity contribution in [3.05, 3.63) is 0 Å². The van der Waals surface area contributed by atoms with Gasteiger partial charge in [-0.1, -0.05) is 0 Å². The van der Waals surface area contributed by atoms with Gasteiger partial charge in [-0.25, -0.2) is 5.06 Å². The summed E-state index contributed by atoms with van der Waals surface area (Å²) in [6.45, 7) is 6.04. The van der Waals surface area contributed by atoms with Gasteiger partial charge in [-0.15, -0.1) is 0 Å². The summed E-state index contributed by atoms with van der Waals surface area (Å²) in [6.07, 6.45) is 2.55. The van der Waals surface area contributed by atoms with E-state index in [-0.39, 0.29) is 37.9 Å². The van der Waals surface area contributed by atoms with Crippen LogP contribution in [0.15, 0.2) is 0 Å². The Hall–Kier alpha value is -1.18. The van der Waals surface area contributed by atoms with Crippen LogP contribution in [0.2, 0.25) is 0 Å². The summed E-state index contributed by atoms with van der Waals surface area (Å²) in [5.74, 6) is -0.770. The van der Waals surface area contributed by atoms with Gasteiger partial charge in [0, 0.05) is 6.61 Å². The molecule has 0 bridgehead atoms. The molecule has 0 radical (unpaired) electrons. The van der Waals surface area contributed by atoms with Crippen molar-refractivity contribution in [2.45, 2.75) is 64.4 Å². The number of amides is 1. The maximum absolute atomic E-state index is 12.0. The summed E-state index contributed by atoms with van der Waals surface area (Å²) in [4.78, 5) is 29.1. The Bertz CT molecular complexity index is 399. The van der Waals surface area contributed by atoms with Gasteiger partial charge in [0.1, 0.15) is 18.8 Å². The number of rotatable bonds is 4. The first-order valence-electron chi connectivity index (χ1n) is 7.76. The molecule has 0 aliphatic carbocycles. The van der Waals surface area contributed by atoms with Crippen LogP contribution in [0.4, 0.5) is 0 Å². The Morgan fingerprint density at radius 1 is 1.36 bits per heavy atom. The quantitative estimate of drug-likeness (QED) is 0.730. The highest BCUT2D eigenvalue weighted by atomic mass is 16.7. The molecule has 126 valence electrons. The molecular formula is C15H25NO6. The average Bonchev–Trinajstić information content (AvgIpc) is 2.41. The number of hydrogen-bond donors (Lipinski definition) is 0. The summed E-state index contributed by atoms with van der Waals surface area (Å²) in [7, 11) is 0. The highest BCUT2D eigenvalue weighted by Gasteiger charge is 2.32. The van der Waals surface area contributed by atoms with E-state index in [1.807, 2.05) is 0 Å². The number of nitrogens with zero attached hydrogens (tertiary/aromatic N) is 1. The molecule has 22 heavy (non-hydrogen) atoms. The highest BCUT2D eigenvalue weighted by Crippen LogP contribution is 2.20. The molecule has 0 aromatic heterocycles. The minimum atomic E-state index is -0.583. The molecule has 0 saturated carbocycles. The van der Waals surface area contributed by atoms with Crippen LogP contribution in [0.25, 0.3) is 0 Å². The fourth-order valence-corrected chi connectivity index (χ4v) is 2.35. The molecule has 2 aliphatic heterocycles. The second-order valence-electron chi connectivity index (χ2n) is 6.57. The summed E-state index contributed by atoms with van der Waals surface area (Å²) >= 11 is 0. The van der Waals surface area contributed by atoms with Gasteiger partial charge in [0.15, 0.2) is 6.29 Å². The molecule has 2 saturated heterocycles. The number of hydrogen-bond acceptors (Lipinski definition) is 6. The second kappa shape index (κ2) is 7.39. The zero-order chi connectivity index (χ0) is 16.2. The first-order valence-corrected chi connectivity index (χ1v) is 7.76. The van der Waals surface area contributed by atoms with Crippen molar-refractivity contribution < 1.29 is 28.6 Å². The number of carbonyl (C=O) groups is 2. The van der Waals surface area contributed by atoms with Crippen LogP contribution >= 0.6 is 0 Å². The average molecular weight is 315 g/mol. The second-order valence-corrected chi connectivity index (χ2v) is 6.57. The van der Waals surface area contributed by atoms with Crippen LogP contribution in [0, 0.1) is 0 Å². The van der Waals surface area contributed by atoms with E-state index < -0.39 is 11.6 Å². The van der Waals surface area contributed by atoms with Gasteiger partial charge in [0.2, 0.25) is 5.91 Å². The normalized spacial score (nSPS) is 26.9. The van der Waals surface area contributed by atoms with E-state index >= 15 is 0 Å². The number of esters is 1. The van der Waals surface area contributed by atoms with Gasteiger partial charge in [-0.2, -0.15) is 0 Å². The lowest BCUT2D eigenvalue weighted by Gasteiger charge is -2.33. The number of carbonyl (C=O) groups excluding carboxylic acids is 2. The first kappa shape index (κ1) is 17.2. The summed E-state index contributed by atoms with van der Waals surface area (Å²) in [6, 6.07) is 0. The molecule has 2 rings (SSSR count). The fourth-order valence-electron chi connectivity index (χ4n) is 2.35. The molecule has 0 N–H and O–H groups in total. The molecule has 2 unspecified atom stereocenters. The van der Waals surface area contributed by atoms with Crippen molar-refractivity contribution in [3.63, 3.8) is 0 Å². The molecule has 2 atom stereocenters. The van der Waals surface area contributed by atoms with Crippen LogP contribution in [-0.4, -0.2) is 54.7 Å². The van der Waals surface area contributed by atoms with Crippen molar-refractivity contribution in [2.24, 2.45) is 0 Å². The van der Waals surface area contributed by atoms with Crippen LogP contribution in [0.3, 0.4) is 0 Å². The molecule has 7 nitrogen and oxygen atoms in total. The third kappa shape index (κ3) is 5.55. The van der Waals surface area contributed by atoms with E-state index in [1.165, 1.54) is 0 Å². The maximum Gasteiger partial charge on any atom is 0.328 e. The molecule has 0 aromatic carbocycles. The van der Waals surface area contributed by atoms with Gasteiger partial charge in [0.05, 0.1) is 12.5 Å². The van der Waals surface area contributed by atoms with Crippen LogP contribution in [0.5, 0.6) is 0 Å². The zero-order valence-corrected chi connectivity index (χ0v) is 13.5. The molecule has 2 fully saturated rings. The lowest BCUT2D eigenvalue weighted by molar-refractivity contribution is -0.251. The van der Waals surface area contributed by atoms with Crippen molar-refractivity contribution in [1.29, 1.82) is 0 Å². The molecule has 0 spiro atoms. The Labute approximate surface area is 130 Å². The third-order valence-corrected chi connectivity index (χ3v) is 3.27. The molecule has 7 heteroatoms. The first-order chi connectivity index (χ1) is 10.3. The summed E-state index contributed by atoms with van der Waals surface area (Å²) in [5.41, 5.74) is -0.583. The van der Waals surface area contributed by atoms with Gasteiger partial charge >= 0.3 is 5.97 Å². The number of ether oxygens (including phenoxy) is 3. The SMILES string of the molecule is CC(C)(C)OC(=O)CN1OCC(OC2CCCCO2)CC1=O. The zero-order valence-electron chi connectivity index (χ0n) is 13.5. The van der Waals surface area contributed by atoms with Crippen LogP contribution < -0.4 is 0 Å². The van der Waals surface area contributed by atoms with Crippen molar-refractivity contribution >= 4 is 11.9 Å². The Balaban J connectivity index is 1.75. The van der Waals surface area contributed by atoms with Gasteiger partial charge in [-0.3, -0.25) is 14.4 Å². The topological polar surface area (TPSA) is 74.3 Å².